The number of benzene rings is 1. The van der Waals surface area contributed by atoms with Gasteiger partial charge in [0, 0.05) is 29.9 Å². The molecule has 3 N–H and O–H groups in total. The number of carbonyl (C=O) groups is 2. The highest BCUT2D eigenvalue weighted by atomic mass is 16.5. The average molecular weight is 349 g/mol. The van der Waals surface area contributed by atoms with Gasteiger partial charge in [-0.2, -0.15) is 0 Å². The Labute approximate surface area is 148 Å². The van der Waals surface area contributed by atoms with Crippen LogP contribution in [0.15, 0.2) is 18.2 Å². The monoisotopic (exact) mass is 349 g/mol. The van der Waals surface area contributed by atoms with Crippen molar-refractivity contribution in [2.75, 3.05) is 19.5 Å². The van der Waals surface area contributed by atoms with E-state index in [9.17, 15) is 9.59 Å². The Kier molecular flexibility index (Phi) is 6.91. The predicted octanol–water partition coefficient (Wildman–Crippen LogP) is 2.66. The summed E-state index contributed by atoms with van der Waals surface area (Å²) in [6.45, 7) is 1.69. The topological polar surface area (TPSA) is 88.7 Å². The number of ether oxygens (including phenoxy) is 2. The van der Waals surface area contributed by atoms with Gasteiger partial charge in [-0.1, -0.05) is 19.3 Å². The van der Waals surface area contributed by atoms with Crippen LogP contribution in [0.4, 0.5) is 10.5 Å². The van der Waals surface area contributed by atoms with Crippen molar-refractivity contribution < 1.29 is 19.1 Å². The third kappa shape index (κ3) is 5.85. The average Bonchev–Trinajstić information content (AvgIpc) is 2.61. The van der Waals surface area contributed by atoms with Crippen molar-refractivity contribution in [1.82, 2.24) is 10.6 Å². The van der Waals surface area contributed by atoms with Crippen molar-refractivity contribution in [3.05, 3.63) is 18.2 Å². The molecule has 0 unspecified atom stereocenters. The minimum absolute atomic E-state index is 0.160. The van der Waals surface area contributed by atoms with E-state index in [0.717, 1.165) is 25.7 Å². The van der Waals surface area contributed by atoms with Crippen LogP contribution in [0, 0.1) is 0 Å². The number of anilines is 1. The summed E-state index contributed by atoms with van der Waals surface area (Å²) in [6.07, 6.45) is 5.39. The first-order valence-corrected chi connectivity index (χ1v) is 8.62. The Morgan fingerprint density at radius 1 is 1.04 bits per heavy atom. The van der Waals surface area contributed by atoms with Crippen LogP contribution in [0.5, 0.6) is 11.5 Å². The molecule has 0 aromatic heterocycles. The molecule has 0 radical (unpaired) electrons. The maximum Gasteiger partial charge on any atom is 0.321 e. The van der Waals surface area contributed by atoms with E-state index in [-0.39, 0.29) is 6.04 Å². The first-order chi connectivity index (χ1) is 12.0. The number of amides is 3. The summed E-state index contributed by atoms with van der Waals surface area (Å²) in [5.41, 5.74) is 0.673. The fraction of sp³-hybridized carbons (Fsp3) is 0.556. The van der Waals surface area contributed by atoms with Gasteiger partial charge < -0.3 is 20.1 Å². The number of carbonyl (C=O) groups excluding carboxylic acids is 2. The van der Waals surface area contributed by atoms with Crippen LogP contribution in [-0.4, -0.2) is 38.2 Å². The van der Waals surface area contributed by atoms with Gasteiger partial charge in [-0.3, -0.25) is 10.1 Å². The zero-order valence-electron chi connectivity index (χ0n) is 15.1. The summed E-state index contributed by atoms with van der Waals surface area (Å²) in [7, 11) is 3.12. The van der Waals surface area contributed by atoms with Gasteiger partial charge >= 0.3 is 6.03 Å². The molecule has 3 amide bonds. The molecule has 7 heteroatoms. The normalized spacial score (nSPS) is 15.8. The molecule has 1 fully saturated rings. The summed E-state index contributed by atoms with van der Waals surface area (Å²) in [5, 5.41) is 8.30. The third-order valence-corrected chi connectivity index (χ3v) is 4.31. The largest absolute Gasteiger partial charge is 0.497 e. The molecule has 138 valence electrons. The lowest BCUT2D eigenvalue weighted by atomic mass is 9.96. The summed E-state index contributed by atoms with van der Waals surface area (Å²) in [6, 6.07) is 4.39. The summed E-state index contributed by atoms with van der Waals surface area (Å²) in [4.78, 5) is 24.2. The number of rotatable bonds is 6. The van der Waals surface area contributed by atoms with E-state index >= 15 is 0 Å². The van der Waals surface area contributed by atoms with Gasteiger partial charge in [0.15, 0.2) is 0 Å². The van der Waals surface area contributed by atoms with Gasteiger partial charge in [-0.05, 0) is 19.8 Å². The lowest BCUT2D eigenvalue weighted by molar-refractivity contribution is -0.120. The fourth-order valence-electron chi connectivity index (χ4n) is 2.89. The van der Waals surface area contributed by atoms with Gasteiger partial charge in [0.1, 0.15) is 17.5 Å². The number of hydrogen-bond acceptors (Lipinski definition) is 5. The summed E-state index contributed by atoms with van der Waals surface area (Å²) in [5.74, 6) is 0.837. The Balaban J connectivity index is 1.88. The van der Waals surface area contributed by atoms with Gasteiger partial charge in [-0.25, -0.2) is 4.79 Å². The van der Waals surface area contributed by atoms with Crippen LogP contribution < -0.4 is 25.4 Å². The molecule has 1 aromatic rings. The van der Waals surface area contributed by atoms with Crippen LogP contribution in [0.2, 0.25) is 0 Å². The Hall–Kier alpha value is -2.44. The SMILES string of the molecule is COc1cc(N[C@@H](C)C(=O)NC(=O)NC2CCCCC2)cc(OC)c1. The van der Waals surface area contributed by atoms with Crippen molar-refractivity contribution in [3.8, 4) is 11.5 Å². The molecule has 25 heavy (non-hydrogen) atoms. The van der Waals surface area contributed by atoms with Crippen molar-refractivity contribution in [3.63, 3.8) is 0 Å². The van der Waals surface area contributed by atoms with Crippen molar-refractivity contribution in [2.24, 2.45) is 0 Å². The van der Waals surface area contributed by atoms with Crippen molar-refractivity contribution in [2.45, 2.75) is 51.1 Å². The highest BCUT2D eigenvalue weighted by molar-refractivity contribution is 5.98. The maximum absolute atomic E-state index is 12.2. The highest BCUT2D eigenvalue weighted by Crippen LogP contribution is 2.26. The van der Waals surface area contributed by atoms with E-state index < -0.39 is 18.0 Å². The van der Waals surface area contributed by atoms with Crippen LogP contribution in [-0.2, 0) is 4.79 Å². The first kappa shape index (κ1) is 18.9. The van der Waals surface area contributed by atoms with Gasteiger partial charge in [0.2, 0.25) is 5.91 Å². The second kappa shape index (κ2) is 9.15. The molecule has 1 saturated carbocycles. The molecule has 0 bridgehead atoms. The molecule has 7 nitrogen and oxygen atoms in total. The molecular weight excluding hydrogens is 322 g/mol. The summed E-state index contributed by atoms with van der Waals surface area (Å²) >= 11 is 0. The van der Waals surface area contributed by atoms with Crippen molar-refractivity contribution >= 4 is 17.6 Å². The van der Waals surface area contributed by atoms with E-state index in [1.54, 1.807) is 39.3 Å². The van der Waals surface area contributed by atoms with E-state index in [1.807, 2.05) is 0 Å². The second-order valence-corrected chi connectivity index (χ2v) is 6.27. The Morgan fingerprint density at radius 2 is 1.64 bits per heavy atom. The highest BCUT2D eigenvalue weighted by Gasteiger charge is 2.20. The number of hydrogen-bond donors (Lipinski definition) is 3. The molecule has 0 aliphatic heterocycles. The summed E-state index contributed by atoms with van der Waals surface area (Å²) < 4.78 is 10.4. The molecule has 0 saturated heterocycles. The zero-order chi connectivity index (χ0) is 18.2. The lowest BCUT2D eigenvalue weighted by Crippen LogP contribution is -2.49. The minimum Gasteiger partial charge on any atom is -0.497 e. The molecule has 1 aliphatic carbocycles. The Morgan fingerprint density at radius 3 is 2.20 bits per heavy atom. The quantitative estimate of drug-likeness (QED) is 0.735. The van der Waals surface area contributed by atoms with Crippen LogP contribution in [0.1, 0.15) is 39.0 Å². The van der Waals surface area contributed by atoms with E-state index in [0.29, 0.717) is 17.2 Å². The van der Waals surface area contributed by atoms with Gasteiger partial charge in [-0.15, -0.1) is 0 Å². The van der Waals surface area contributed by atoms with Gasteiger partial charge in [0.05, 0.1) is 14.2 Å². The fourth-order valence-corrected chi connectivity index (χ4v) is 2.89. The standard InChI is InChI=1S/C18H27N3O4/c1-12(19-14-9-15(24-2)11-16(10-14)25-3)17(22)21-18(23)20-13-7-5-4-6-8-13/h9-13,19H,4-8H2,1-3H3,(H2,20,21,22,23)/t12-/m0/s1. The molecule has 0 spiro atoms. The zero-order valence-corrected chi connectivity index (χ0v) is 15.1. The molecule has 0 heterocycles. The molecule has 1 aliphatic rings. The number of imide groups is 1. The first-order valence-electron chi connectivity index (χ1n) is 8.62. The van der Waals surface area contributed by atoms with Crippen LogP contribution in [0.3, 0.4) is 0 Å². The lowest BCUT2D eigenvalue weighted by Gasteiger charge is -2.23. The third-order valence-electron chi connectivity index (χ3n) is 4.31. The number of methoxy groups -OCH3 is 2. The Bertz CT molecular complexity index is 578. The second-order valence-electron chi connectivity index (χ2n) is 6.27. The molecular formula is C18H27N3O4. The molecule has 1 atom stereocenters. The predicted molar refractivity (Wildman–Crippen MR) is 96.2 cm³/mol. The van der Waals surface area contributed by atoms with E-state index in [2.05, 4.69) is 16.0 Å². The smallest absolute Gasteiger partial charge is 0.321 e. The van der Waals surface area contributed by atoms with Crippen LogP contribution in [0.25, 0.3) is 0 Å². The van der Waals surface area contributed by atoms with Crippen LogP contribution >= 0.6 is 0 Å². The number of urea groups is 1. The molecule has 2 rings (SSSR count). The van der Waals surface area contributed by atoms with E-state index in [4.69, 9.17) is 9.47 Å². The van der Waals surface area contributed by atoms with E-state index in [1.165, 1.54) is 6.42 Å². The van der Waals surface area contributed by atoms with Crippen molar-refractivity contribution in [1.29, 1.82) is 0 Å². The van der Waals surface area contributed by atoms with Gasteiger partial charge in [0.25, 0.3) is 0 Å². The number of nitrogens with one attached hydrogen (secondary N) is 3. The minimum atomic E-state index is -0.589. The maximum atomic E-state index is 12.2. The molecule has 1 aromatic carbocycles.